The van der Waals surface area contributed by atoms with Crippen molar-refractivity contribution in [2.75, 3.05) is 6.61 Å². The first kappa shape index (κ1) is 15.6. The van der Waals surface area contributed by atoms with E-state index < -0.39 is 0 Å². The van der Waals surface area contributed by atoms with Crippen molar-refractivity contribution in [3.8, 4) is 0 Å². The Bertz CT molecular complexity index is 410. The molecule has 0 aromatic carbocycles. The molecule has 1 rings (SSSR count). The highest BCUT2D eigenvalue weighted by atomic mass is 16.5. The molecular weight excluding hydrogens is 246 g/mol. The van der Waals surface area contributed by atoms with E-state index in [4.69, 9.17) is 9.63 Å². The Morgan fingerprint density at radius 2 is 2.16 bits per heavy atom. The quantitative estimate of drug-likeness (QED) is 0.809. The molecular formula is C13H23N3O3. The molecule has 6 nitrogen and oxygen atoms in total. The largest absolute Gasteiger partial charge is 0.396 e. The van der Waals surface area contributed by atoms with Crippen molar-refractivity contribution in [2.45, 2.75) is 58.4 Å². The normalized spacial score (nSPS) is 13.3. The monoisotopic (exact) mass is 269 g/mol. The van der Waals surface area contributed by atoms with Crippen molar-refractivity contribution < 1.29 is 14.4 Å². The van der Waals surface area contributed by atoms with E-state index in [9.17, 15) is 4.79 Å². The molecule has 0 aliphatic carbocycles. The van der Waals surface area contributed by atoms with E-state index in [1.165, 1.54) is 0 Å². The van der Waals surface area contributed by atoms with Crippen LogP contribution in [-0.2, 0) is 16.6 Å². The van der Waals surface area contributed by atoms with Crippen LogP contribution in [-0.4, -0.2) is 33.8 Å². The van der Waals surface area contributed by atoms with Gasteiger partial charge in [-0.25, -0.2) is 0 Å². The van der Waals surface area contributed by atoms with Gasteiger partial charge in [-0.3, -0.25) is 4.79 Å². The maximum Gasteiger partial charge on any atom is 0.227 e. The first-order valence-electron chi connectivity index (χ1n) is 6.56. The van der Waals surface area contributed by atoms with Gasteiger partial charge in [-0.1, -0.05) is 25.9 Å². The Balaban J connectivity index is 2.40. The van der Waals surface area contributed by atoms with Gasteiger partial charge >= 0.3 is 0 Å². The van der Waals surface area contributed by atoms with Gasteiger partial charge < -0.3 is 14.9 Å². The zero-order chi connectivity index (χ0) is 14.5. The van der Waals surface area contributed by atoms with Gasteiger partial charge in [0.25, 0.3) is 0 Å². The van der Waals surface area contributed by atoms with Crippen molar-refractivity contribution in [1.82, 2.24) is 15.5 Å². The number of hydrogen-bond acceptors (Lipinski definition) is 5. The molecule has 108 valence electrons. The van der Waals surface area contributed by atoms with Crippen molar-refractivity contribution in [2.24, 2.45) is 0 Å². The number of rotatable bonds is 6. The lowest BCUT2D eigenvalue weighted by Crippen LogP contribution is -2.33. The first-order valence-corrected chi connectivity index (χ1v) is 6.56. The second kappa shape index (κ2) is 6.65. The van der Waals surface area contributed by atoms with Crippen LogP contribution in [0.1, 0.15) is 52.3 Å². The minimum Gasteiger partial charge on any atom is -0.396 e. The summed E-state index contributed by atoms with van der Waals surface area (Å²) < 4.78 is 5.11. The van der Waals surface area contributed by atoms with Crippen LogP contribution in [0.4, 0.5) is 0 Å². The Kier molecular flexibility index (Phi) is 5.47. The topological polar surface area (TPSA) is 88.2 Å². The van der Waals surface area contributed by atoms with E-state index in [0.29, 0.717) is 31.0 Å². The average Bonchev–Trinajstić information content (AvgIpc) is 2.74. The Hall–Kier alpha value is -1.43. The Morgan fingerprint density at radius 3 is 2.68 bits per heavy atom. The SMILES string of the molecule is CC(CCO)NC(=O)CCc1nc(C(C)(C)C)no1. The fraction of sp³-hybridized carbons (Fsp3) is 0.769. The minimum absolute atomic E-state index is 0.0229. The third-order valence-corrected chi connectivity index (χ3v) is 2.67. The van der Waals surface area contributed by atoms with Crippen LogP contribution >= 0.6 is 0 Å². The summed E-state index contributed by atoms with van der Waals surface area (Å²) in [4.78, 5) is 15.9. The molecule has 1 aromatic heterocycles. The summed E-state index contributed by atoms with van der Waals surface area (Å²) >= 11 is 0. The van der Waals surface area contributed by atoms with Gasteiger partial charge in [-0.05, 0) is 13.3 Å². The maximum absolute atomic E-state index is 11.6. The second-order valence-electron chi connectivity index (χ2n) is 5.74. The molecule has 0 saturated heterocycles. The fourth-order valence-corrected chi connectivity index (χ4v) is 1.49. The molecule has 0 saturated carbocycles. The molecule has 0 fully saturated rings. The van der Waals surface area contributed by atoms with E-state index in [1.54, 1.807) is 0 Å². The molecule has 0 aliphatic rings. The third-order valence-electron chi connectivity index (χ3n) is 2.67. The lowest BCUT2D eigenvalue weighted by atomic mass is 9.96. The van der Waals surface area contributed by atoms with Gasteiger partial charge in [0.2, 0.25) is 11.8 Å². The van der Waals surface area contributed by atoms with Gasteiger partial charge in [0.1, 0.15) is 0 Å². The third kappa shape index (κ3) is 5.38. The second-order valence-corrected chi connectivity index (χ2v) is 5.74. The number of hydrogen-bond donors (Lipinski definition) is 2. The molecule has 0 spiro atoms. The van der Waals surface area contributed by atoms with Crippen LogP contribution in [0.2, 0.25) is 0 Å². The number of aromatic nitrogens is 2. The minimum atomic E-state index is -0.153. The molecule has 1 heterocycles. The average molecular weight is 269 g/mol. The number of aliphatic hydroxyl groups is 1. The molecule has 0 radical (unpaired) electrons. The Morgan fingerprint density at radius 1 is 1.47 bits per heavy atom. The molecule has 0 bridgehead atoms. The van der Waals surface area contributed by atoms with Crippen molar-refractivity contribution in [1.29, 1.82) is 0 Å². The number of carbonyl (C=O) groups excluding carboxylic acids is 1. The van der Waals surface area contributed by atoms with Gasteiger partial charge in [0.05, 0.1) is 0 Å². The van der Waals surface area contributed by atoms with Crippen LogP contribution in [0.15, 0.2) is 4.52 Å². The highest BCUT2D eigenvalue weighted by molar-refractivity contribution is 5.76. The van der Waals surface area contributed by atoms with Crippen molar-refractivity contribution in [3.63, 3.8) is 0 Å². The summed E-state index contributed by atoms with van der Waals surface area (Å²) in [6, 6.07) is -0.0229. The standard InChI is InChI=1S/C13H23N3O3/c1-9(7-8-17)14-10(18)5-6-11-15-12(16-19-11)13(2,3)4/h9,17H,5-8H2,1-4H3,(H,14,18). The molecule has 6 heteroatoms. The number of carbonyl (C=O) groups is 1. The lowest BCUT2D eigenvalue weighted by Gasteiger charge is -2.11. The van der Waals surface area contributed by atoms with Crippen LogP contribution in [0, 0.1) is 0 Å². The molecule has 2 N–H and O–H groups in total. The van der Waals surface area contributed by atoms with E-state index >= 15 is 0 Å². The van der Waals surface area contributed by atoms with Gasteiger partial charge in [-0.15, -0.1) is 0 Å². The molecule has 1 aromatic rings. The van der Waals surface area contributed by atoms with Gasteiger partial charge in [0.15, 0.2) is 5.82 Å². The van der Waals surface area contributed by atoms with Gasteiger partial charge in [0, 0.05) is 30.9 Å². The zero-order valence-corrected chi connectivity index (χ0v) is 12.1. The smallest absolute Gasteiger partial charge is 0.227 e. The molecule has 1 amide bonds. The van der Waals surface area contributed by atoms with Crippen molar-refractivity contribution in [3.05, 3.63) is 11.7 Å². The number of nitrogens with one attached hydrogen (secondary N) is 1. The summed E-state index contributed by atoms with van der Waals surface area (Å²) in [5, 5.41) is 15.5. The van der Waals surface area contributed by atoms with E-state index in [-0.39, 0.29) is 24.0 Å². The van der Waals surface area contributed by atoms with Crippen molar-refractivity contribution >= 4 is 5.91 Å². The summed E-state index contributed by atoms with van der Waals surface area (Å²) in [5.74, 6) is 1.06. The van der Waals surface area contributed by atoms with E-state index in [2.05, 4.69) is 15.5 Å². The number of amides is 1. The van der Waals surface area contributed by atoms with Crippen LogP contribution < -0.4 is 5.32 Å². The number of nitrogens with zero attached hydrogens (tertiary/aromatic N) is 2. The lowest BCUT2D eigenvalue weighted by molar-refractivity contribution is -0.121. The molecule has 1 atom stereocenters. The highest BCUT2D eigenvalue weighted by Gasteiger charge is 2.21. The maximum atomic E-state index is 11.6. The predicted molar refractivity (Wildman–Crippen MR) is 70.6 cm³/mol. The van der Waals surface area contributed by atoms with E-state index in [0.717, 1.165) is 0 Å². The number of aryl methyl sites for hydroxylation is 1. The summed E-state index contributed by atoms with van der Waals surface area (Å²) in [6.07, 6.45) is 1.29. The zero-order valence-electron chi connectivity index (χ0n) is 12.1. The van der Waals surface area contributed by atoms with Crippen LogP contribution in [0.25, 0.3) is 0 Å². The Labute approximate surface area is 113 Å². The molecule has 0 aliphatic heterocycles. The molecule has 1 unspecified atom stereocenters. The summed E-state index contributed by atoms with van der Waals surface area (Å²) in [5.41, 5.74) is -0.153. The van der Waals surface area contributed by atoms with Crippen LogP contribution in [0.3, 0.4) is 0 Å². The first-order chi connectivity index (χ1) is 8.82. The van der Waals surface area contributed by atoms with E-state index in [1.807, 2.05) is 27.7 Å². The van der Waals surface area contributed by atoms with Crippen LogP contribution in [0.5, 0.6) is 0 Å². The predicted octanol–water partition coefficient (Wildman–Crippen LogP) is 1.19. The summed E-state index contributed by atoms with van der Waals surface area (Å²) in [6.45, 7) is 7.94. The summed E-state index contributed by atoms with van der Waals surface area (Å²) in [7, 11) is 0. The highest BCUT2D eigenvalue weighted by Crippen LogP contribution is 2.18. The number of aliphatic hydroxyl groups excluding tert-OH is 1. The fourth-order valence-electron chi connectivity index (χ4n) is 1.49. The molecule has 19 heavy (non-hydrogen) atoms. The van der Waals surface area contributed by atoms with Gasteiger partial charge in [-0.2, -0.15) is 4.98 Å².